The van der Waals surface area contributed by atoms with Crippen molar-refractivity contribution in [2.24, 2.45) is 11.7 Å². The first-order valence-corrected chi connectivity index (χ1v) is 7.03. The first-order chi connectivity index (χ1) is 8.77. The van der Waals surface area contributed by atoms with Crippen LogP contribution in [0.15, 0.2) is 30.3 Å². The molecule has 0 fully saturated rings. The van der Waals surface area contributed by atoms with E-state index in [0.29, 0.717) is 18.8 Å². The number of nitrogens with two attached hydrogens (primary N) is 1. The topological polar surface area (TPSA) is 55.1 Å². The highest BCUT2D eigenvalue weighted by Gasteiger charge is 2.16. The molecule has 1 rings (SSSR count). The molecule has 100 valence electrons. The lowest BCUT2D eigenvalue weighted by atomic mass is 10.0. The van der Waals surface area contributed by atoms with Gasteiger partial charge >= 0.3 is 0 Å². The molecule has 0 spiro atoms. The number of amides is 1. The summed E-state index contributed by atoms with van der Waals surface area (Å²) >= 11 is 4.27. The molecule has 1 amide bonds. The summed E-state index contributed by atoms with van der Waals surface area (Å²) in [6.07, 6.45) is 2.63. The van der Waals surface area contributed by atoms with Crippen molar-refractivity contribution >= 4 is 18.5 Å². The Morgan fingerprint density at radius 1 is 1.28 bits per heavy atom. The van der Waals surface area contributed by atoms with Crippen LogP contribution < -0.4 is 11.1 Å². The Morgan fingerprint density at radius 2 is 2.00 bits per heavy atom. The van der Waals surface area contributed by atoms with Crippen molar-refractivity contribution in [1.82, 2.24) is 5.32 Å². The zero-order valence-electron chi connectivity index (χ0n) is 10.6. The third kappa shape index (κ3) is 5.56. The van der Waals surface area contributed by atoms with E-state index in [-0.39, 0.29) is 11.8 Å². The molecule has 0 aromatic heterocycles. The quantitative estimate of drug-likeness (QED) is 0.495. The van der Waals surface area contributed by atoms with E-state index in [1.165, 1.54) is 5.56 Å². The molecular weight excluding hydrogens is 244 g/mol. The number of rotatable bonds is 8. The smallest absolute Gasteiger partial charge is 0.224 e. The maximum atomic E-state index is 12.0. The zero-order valence-corrected chi connectivity index (χ0v) is 11.5. The number of unbranched alkanes of at least 4 members (excludes halogenated alkanes) is 1. The first kappa shape index (κ1) is 15.1. The van der Waals surface area contributed by atoms with Gasteiger partial charge in [-0.05, 0) is 31.4 Å². The Labute approximate surface area is 115 Å². The number of carbonyl (C=O) groups is 1. The molecule has 0 aliphatic rings. The van der Waals surface area contributed by atoms with E-state index in [2.05, 4.69) is 17.9 Å². The Morgan fingerprint density at radius 3 is 2.61 bits per heavy atom. The summed E-state index contributed by atoms with van der Waals surface area (Å²) in [6.45, 7) is 1.38. The molecule has 0 saturated carbocycles. The number of thiol groups is 1. The molecule has 1 atom stereocenters. The maximum absolute atomic E-state index is 12.0. The number of hydrogen-bond donors (Lipinski definition) is 3. The zero-order chi connectivity index (χ0) is 13.2. The largest absolute Gasteiger partial charge is 0.356 e. The van der Waals surface area contributed by atoms with Gasteiger partial charge < -0.3 is 11.1 Å². The molecule has 3 nitrogen and oxygen atoms in total. The second-order valence-electron chi connectivity index (χ2n) is 4.36. The fourth-order valence-electron chi connectivity index (χ4n) is 1.76. The van der Waals surface area contributed by atoms with Gasteiger partial charge in [-0.25, -0.2) is 0 Å². The molecule has 0 heterocycles. The van der Waals surface area contributed by atoms with E-state index in [1.807, 2.05) is 30.3 Å². The van der Waals surface area contributed by atoms with Crippen LogP contribution in [0, 0.1) is 5.92 Å². The highest BCUT2D eigenvalue weighted by atomic mass is 32.1. The van der Waals surface area contributed by atoms with E-state index >= 15 is 0 Å². The maximum Gasteiger partial charge on any atom is 0.224 e. The number of carbonyl (C=O) groups excluding carboxylic acids is 1. The van der Waals surface area contributed by atoms with Crippen LogP contribution in [0.5, 0.6) is 0 Å². The second kappa shape index (κ2) is 9.00. The van der Waals surface area contributed by atoms with Crippen molar-refractivity contribution in [1.29, 1.82) is 0 Å². The van der Waals surface area contributed by atoms with Gasteiger partial charge in [0.1, 0.15) is 0 Å². The Bertz CT molecular complexity index is 343. The molecule has 1 aromatic carbocycles. The van der Waals surface area contributed by atoms with Crippen LogP contribution in [-0.2, 0) is 11.2 Å². The van der Waals surface area contributed by atoms with Crippen molar-refractivity contribution in [3.8, 4) is 0 Å². The predicted molar refractivity (Wildman–Crippen MR) is 78.8 cm³/mol. The monoisotopic (exact) mass is 266 g/mol. The van der Waals surface area contributed by atoms with Crippen LogP contribution >= 0.6 is 12.6 Å². The minimum Gasteiger partial charge on any atom is -0.356 e. The molecular formula is C14H22N2OS. The molecule has 0 aliphatic carbocycles. The second-order valence-corrected chi connectivity index (χ2v) is 4.72. The average molecular weight is 266 g/mol. The van der Waals surface area contributed by atoms with Gasteiger partial charge in [0, 0.05) is 12.3 Å². The number of nitrogens with one attached hydrogen (secondary N) is 1. The highest BCUT2D eigenvalue weighted by molar-refractivity contribution is 7.80. The normalized spacial score (nSPS) is 12.1. The summed E-state index contributed by atoms with van der Waals surface area (Å²) in [4.78, 5) is 12.0. The van der Waals surface area contributed by atoms with E-state index in [4.69, 9.17) is 5.73 Å². The molecule has 1 unspecified atom stereocenters. The van der Waals surface area contributed by atoms with E-state index in [9.17, 15) is 4.79 Å². The highest BCUT2D eigenvalue weighted by Crippen LogP contribution is 2.10. The molecule has 18 heavy (non-hydrogen) atoms. The van der Waals surface area contributed by atoms with Crippen molar-refractivity contribution in [2.45, 2.75) is 19.3 Å². The van der Waals surface area contributed by atoms with E-state index < -0.39 is 0 Å². The van der Waals surface area contributed by atoms with Gasteiger partial charge in [-0.3, -0.25) is 4.79 Å². The van der Waals surface area contributed by atoms with Crippen molar-refractivity contribution < 1.29 is 4.79 Å². The standard InChI is InChI=1S/C14H22N2OS/c15-8-4-5-9-16-14(17)13(11-18)10-12-6-2-1-3-7-12/h1-3,6-7,13,18H,4-5,8-11,15H2,(H,16,17). The van der Waals surface area contributed by atoms with Crippen LogP contribution in [0.2, 0.25) is 0 Å². The summed E-state index contributed by atoms with van der Waals surface area (Å²) in [5, 5.41) is 2.95. The van der Waals surface area contributed by atoms with Crippen LogP contribution in [0.3, 0.4) is 0 Å². The first-order valence-electron chi connectivity index (χ1n) is 6.40. The molecule has 0 bridgehead atoms. The minimum absolute atomic E-state index is 0.0615. The molecule has 0 aliphatic heterocycles. The SMILES string of the molecule is NCCCCNC(=O)C(CS)Cc1ccccc1. The molecule has 4 heteroatoms. The van der Waals surface area contributed by atoms with Crippen LogP contribution in [0.25, 0.3) is 0 Å². The number of benzene rings is 1. The van der Waals surface area contributed by atoms with E-state index in [1.54, 1.807) is 0 Å². The Kier molecular flexibility index (Phi) is 7.53. The third-order valence-corrected chi connectivity index (χ3v) is 3.29. The van der Waals surface area contributed by atoms with Gasteiger partial charge in [0.2, 0.25) is 5.91 Å². The summed E-state index contributed by atoms with van der Waals surface area (Å²) in [7, 11) is 0. The van der Waals surface area contributed by atoms with Gasteiger partial charge in [-0.1, -0.05) is 30.3 Å². The fourth-order valence-corrected chi connectivity index (χ4v) is 2.06. The number of hydrogen-bond acceptors (Lipinski definition) is 3. The predicted octanol–water partition coefficient (Wildman–Crippen LogP) is 1.63. The molecule has 0 radical (unpaired) electrons. The van der Waals surface area contributed by atoms with Gasteiger partial charge in [0.25, 0.3) is 0 Å². The lowest BCUT2D eigenvalue weighted by Gasteiger charge is -2.14. The summed E-state index contributed by atoms with van der Waals surface area (Å²) in [5.74, 6) is 0.594. The van der Waals surface area contributed by atoms with Crippen LogP contribution in [-0.4, -0.2) is 24.7 Å². The molecule has 3 N–H and O–H groups in total. The van der Waals surface area contributed by atoms with Crippen molar-refractivity contribution in [2.75, 3.05) is 18.8 Å². The summed E-state index contributed by atoms with van der Waals surface area (Å²) in [6, 6.07) is 10.0. The van der Waals surface area contributed by atoms with Gasteiger partial charge in [0.05, 0.1) is 5.92 Å². The summed E-state index contributed by atoms with van der Waals surface area (Å²) < 4.78 is 0. The Balaban J connectivity index is 2.38. The van der Waals surface area contributed by atoms with Gasteiger partial charge in [-0.2, -0.15) is 12.6 Å². The molecule has 0 saturated heterocycles. The van der Waals surface area contributed by atoms with Crippen molar-refractivity contribution in [3.63, 3.8) is 0 Å². The lowest BCUT2D eigenvalue weighted by molar-refractivity contribution is -0.124. The molecule has 1 aromatic rings. The average Bonchev–Trinajstić information content (AvgIpc) is 2.42. The Hall–Kier alpha value is -1.00. The van der Waals surface area contributed by atoms with Gasteiger partial charge in [0.15, 0.2) is 0 Å². The van der Waals surface area contributed by atoms with Gasteiger partial charge in [-0.15, -0.1) is 0 Å². The van der Waals surface area contributed by atoms with Crippen LogP contribution in [0.1, 0.15) is 18.4 Å². The third-order valence-electron chi connectivity index (χ3n) is 2.85. The minimum atomic E-state index is -0.0615. The van der Waals surface area contributed by atoms with Crippen molar-refractivity contribution in [3.05, 3.63) is 35.9 Å². The fraction of sp³-hybridized carbons (Fsp3) is 0.500. The lowest BCUT2D eigenvalue weighted by Crippen LogP contribution is -2.33. The van der Waals surface area contributed by atoms with Crippen LogP contribution in [0.4, 0.5) is 0 Å². The summed E-state index contributed by atoms with van der Waals surface area (Å²) in [5.41, 5.74) is 6.58. The van der Waals surface area contributed by atoms with E-state index in [0.717, 1.165) is 19.3 Å².